The minimum absolute atomic E-state index is 0.119. The molecule has 0 unspecified atom stereocenters. The topological polar surface area (TPSA) is 45.2 Å². The Hall–Kier alpha value is -2.50. The van der Waals surface area contributed by atoms with Crippen LogP contribution in [0.5, 0.6) is 0 Å². The van der Waals surface area contributed by atoms with Gasteiger partial charge in [0.2, 0.25) is 0 Å². The minimum atomic E-state index is -0.833. The summed E-state index contributed by atoms with van der Waals surface area (Å²) in [5, 5.41) is 2.76. The molecule has 0 atom stereocenters. The third-order valence-corrected chi connectivity index (χ3v) is 4.59. The van der Waals surface area contributed by atoms with Gasteiger partial charge in [0, 0.05) is 43.3 Å². The van der Waals surface area contributed by atoms with Gasteiger partial charge in [0.05, 0.1) is 5.56 Å². The molecule has 1 fully saturated rings. The lowest BCUT2D eigenvalue weighted by molar-refractivity contribution is 0.0941. The normalized spacial score (nSPS) is 15.2. The molecule has 0 bridgehead atoms. The number of halogens is 2. The third-order valence-electron chi connectivity index (χ3n) is 4.59. The number of pyridine rings is 1. The van der Waals surface area contributed by atoms with Crippen molar-refractivity contribution in [3.8, 4) is 0 Å². The SMILES string of the molecule is Cc1cc(N2CCC(CNC(=O)c3ccc(F)cc3F)CC2)ccn1. The van der Waals surface area contributed by atoms with E-state index < -0.39 is 17.5 Å². The highest BCUT2D eigenvalue weighted by Gasteiger charge is 2.21. The van der Waals surface area contributed by atoms with Crippen LogP contribution in [0.25, 0.3) is 0 Å². The largest absolute Gasteiger partial charge is 0.371 e. The van der Waals surface area contributed by atoms with Gasteiger partial charge in [-0.2, -0.15) is 0 Å². The first-order valence-corrected chi connectivity index (χ1v) is 8.44. The van der Waals surface area contributed by atoms with Gasteiger partial charge in [0.15, 0.2) is 0 Å². The van der Waals surface area contributed by atoms with Crippen LogP contribution in [0.3, 0.4) is 0 Å². The van der Waals surface area contributed by atoms with E-state index in [4.69, 9.17) is 0 Å². The van der Waals surface area contributed by atoms with Crippen LogP contribution >= 0.6 is 0 Å². The zero-order valence-electron chi connectivity index (χ0n) is 14.1. The quantitative estimate of drug-likeness (QED) is 0.925. The molecule has 1 N–H and O–H groups in total. The molecule has 0 saturated carbocycles. The molecule has 25 heavy (non-hydrogen) atoms. The fraction of sp³-hybridized carbons (Fsp3) is 0.368. The van der Waals surface area contributed by atoms with Crippen LogP contribution in [0.4, 0.5) is 14.5 Å². The van der Waals surface area contributed by atoms with Gasteiger partial charge in [-0.15, -0.1) is 0 Å². The highest BCUT2D eigenvalue weighted by Crippen LogP contribution is 2.23. The van der Waals surface area contributed by atoms with Gasteiger partial charge in [-0.05, 0) is 49.9 Å². The second-order valence-corrected chi connectivity index (χ2v) is 6.42. The molecule has 4 nitrogen and oxygen atoms in total. The first kappa shape index (κ1) is 17.3. The summed E-state index contributed by atoms with van der Waals surface area (Å²) in [5.41, 5.74) is 2.04. The third kappa shape index (κ3) is 4.32. The fourth-order valence-electron chi connectivity index (χ4n) is 3.13. The number of aromatic nitrogens is 1. The van der Waals surface area contributed by atoms with Crippen LogP contribution < -0.4 is 10.2 Å². The van der Waals surface area contributed by atoms with Crippen LogP contribution in [0.1, 0.15) is 28.9 Å². The Bertz CT molecular complexity index is 758. The molecule has 0 spiro atoms. The van der Waals surface area contributed by atoms with E-state index >= 15 is 0 Å². The molecule has 1 aromatic carbocycles. The lowest BCUT2D eigenvalue weighted by atomic mass is 9.96. The molecular formula is C19H21F2N3O. The standard InChI is InChI=1S/C19H21F2N3O/c1-13-10-16(4-7-22-13)24-8-5-14(6-9-24)12-23-19(25)17-3-2-15(20)11-18(17)21/h2-4,7,10-11,14H,5-6,8-9,12H2,1H3,(H,23,25). The summed E-state index contributed by atoms with van der Waals surface area (Å²) < 4.78 is 26.5. The second kappa shape index (κ2) is 7.59. The van der Waals surface area contributed by atoms with E-state index in [2.05, 4.69) is 21.3 Å². The Morgan fingerprint density at radius 1 is 1.24 bits per heavy atom. The van der Waals surface area contributed by atoms with Crippen molar-refractivity contribution in [1.82, 2.24) is 10.3 Å². The zero-order chi connectivity index (χ0) is 17.8. The first-order valence-electron chi connectivity index (χ1n) is 8.44. The number of nitrogens with zero attached hydrogens (tertiary/aromatic N) is 2. The molecule has 1 saturated heterocycles. The summed E-state index contributed by atoms with van der Waals surface area (Å²) in [5.74, 6) is -1.66. The molecule has 1 amide bonds. The van der Waals surface area contributed by atoms with Crippen molar-refractivity contribution in [2.75, 3.05) is 24.5 Å². The molecule has 3 rings (SSSR count). The van der Waals surface area contributed by atoms with Gasteiger partial charge in [-0.1, -0.05) is 0 Å². The second-order valence-electron chi connectivity index (χ2n) is 6.42. The molecule has 1 aliphatic rings. The lowest BCUT2D eigenvalue weighted by Crippen LogP contribution is -2.38. The number of carbonyl (C=O) groups is 1. The Kier molecular flexibility index (Phi) is 5.26. The van der Waals surface area contributed by atoms with Crippen molar-refractivity contribution < 1.29 is 13.6 Å². The van der Waals surface area contributed by atoms with Gasteiger partial charge in [0.25, 0.3) is 5.91 Å². The van der Waals surface area contributed by atoms with Crippen molar-refractivity contribution in [2.24, 2.45) is 5.92 Å². The maximum Gasteiger partial charge on any atom is 0.254 e. The van der Waals surface area contributed by atoms with Crippen LogP contribution in [0.15, 0.2) is 36.5 Å². The number of amides is 1. The molecule has 1 aromatic heterocycles. The zero-order valence-corrected chi connectivity index (χ0v) is 14.1. The van der Waals surface area contributed by atoms with Crippen LogP contribution in [0.2, 0.25) is 0 Å². The van der Waals surface area contributed by atoms with E-state index in [0.717, 1.165) is 43.8 Å². The number of carbonyl (C=O) groups excluding carboxylic acids is 1. The van der Waals surface area contributed by atoms with E-state index in [0.29, 0.717) is 12.5 Å². The predicted molar refractivity (Wildman–Crippen MR) is 92.6 cm³/mol. The molecule has 1 aliphatic heterocycles. The Morgan fingerprint density at radius 2 is 2.00 bits per heavy atom. The number of anilines is 1. The molecule has 132 valence electrons. The van der Waals surface area contributed by atoms with Gasteiger partial charge in [-0.3, -0.25) is 9.78 Å². The summed E-state index contributed by atoms with van der Waals surface area (Å²) in [7, 11) is 0. The number of benzene rings is 1. The average Bonchev–Trinajstić information content (AvgIpc) is 2.60. The summed E-state index contributed by atoms with van der Waals surface area (Å²) >= 11 is 0. The van der Waals surface area contributed by atoms with Crippen molar-refractivity contribution in [3.63, 3.8) is 0 Å². The molecule has 6 heteroatoms. The summed E-state index contributed by atoms with van der Waals surface area (Å²) in [6, 6.07) is 7.07. The van der Waals surface area contributed by atoms with E-state index in [1.807, 2.05) is 19.2 Å². The summed E-state index contributed by atoms with van der Waals surface area (Å²) in [6.45, 7) is 4.29. The number of hydrogen-bond donors (Lipinski definition) is 1. The molecule has 0 radical (unpaired) electrons. The average molecular weight is 345 g/mol. The monoisotopic (exact) mass is 345 g/mol. The Morgan fingerprint density at radius 3 is 2.68 bits per heavy atom. The van der Waals surface area contributed by atoms with Crippen LogP contribution in [-0.4, -0.2) is 30.5 Å². The van der Waals surface area contributed by atoms with Crippen molar-refractivity contribution in [1.29, 1.82) is 0 Å². The maximum atomic E-state index is 13.6. The molecule has 2 heterocycles. The fourth-order valence-corrected chi connectivity index (χ4v) is 3.13. The molecule has 0 aliphatic carbocycles. The molecular weight excluding hydrogens is 324 g/mol. The smallest absolute Gasteiger partial charge is 0.254 e. The molecule has 2 aromatic rings. The minimum Gasteiger partial charge on any atom is -0.371 e. The van der Waals surface area contributed by atoms with Crippen LogP contribution in [-0.2, 0) is 0 Å². The Labute approximate surface area is 145 Å². The van der Waals surface area contributed by atoms with Crippen molar-refractivity contribution >= 4 is 11.6 Å². The number of aryl methyl sites for hydroxylation is 1. The van der Waals surface area contributed by atoms with Gasteiger partial charge in [-0.25, -0.2) is 8.78 Å². The van der Waals surface area contributed by atoms with Gasteiger partial charge >= 0.3 is 0 Å². The Balaban J connectivity index is 1.50. The van der Waals surface area contributed by atoms with E-state index in [9.17, 15) is 13.6 Å². The van der Waals surface area contributed by atoms with Crippen LogP contribution in [0, 0.1) is 24.5 Å². The van der Waals surface area contributed by atoms with E-state index in [1.54, 1.807) is 0 Å². The highest BCUT2D eigenvalue weighted by atomic mass is 19.1. The summed E-state index contributed by atoms with van der Waals surface area (Å²) in [6.07, 6.45) is 3.72. The van der Waals surface area contributed by atoms with E-state index in [1.165, 1.54) is 11.8 Å². The van der Waals surface area contributed by atoms with Crippen molar-refractivity contribution in [3.05, 3.63) is 59.4 Å². The van der Waals surface area contributed by atoms with E-state index in [-0.39, 0.29) is 5.56 Å². The predicted octanol–water partition coefficient (Wildman–Crippen LogP) is 3.31. The number of rotatable bonds is 4. The first-order chi connectivity index (χ1) is 12.0. The lowest BCUT2D eigenvalue weighted by Gasteiger charge is -2.33. The highest BCUT2D eigenvalue weighted by molar-refractivity contribution is 5.94. The number of nitrogens with one attached hydrogen (secondary N) is 1. The van der Waals surface area contributed by atoms with Crippen molar-refractivity contribution in [2.45, 2.75) is 19.8 Å². The van der Waals surface area contributed by atoms with Gasteiger partial charge in [0.1, 0.15) is 11.6 Å². The number of hydrogen-bond acceptors (Lipinski definition) is 3. The summed E-state index contributed by atoms with van der Waals surface area (Å²) in [4.78, 5) is 18.6. The maximum absolute atomic E-state index is 13.6. The van der Waals surface area contributed by atoms with Gasteiger partial charge < -0.3 is 10.2 Å². The number of piperidine rings is 1.